The standard InChI is InChI=1S/C23H26N2O3S2/c1-14(2)11-25-21(27)19-16-10-23(3,4)28-12-18(16)30-20(19)24-22(25)29-13-17(26)15-8-6-5-7-9-15/h5-9,14H,10-13H2,1-4H3. The van der Waals surface area contributed by atoms with Crippen molar-refractivity contribution in [3.63, 3.8) is 0 Å². The molecule has 1 aliphatic rings. The number of ketones is 1. The van der Waals surface area contributed by atoms with Gasteiger partial charge < -0.3 is 4.74 Å². The average Bonchev–Trinajstić information content (AvgIpc) is 3.05. The average molecular weight is 443 g/mol. The summed E-state index contributed by atoms with van der Waals surface area (Å²) in [5.41, 5.74) is 1.47. The lowest BCUT2D eigenvalue weighted by molar-refractivity contribution is -0.0379. The maximum atomic E-state index is 13.5. The van der Waals surface area contributed by atoms with Gasteiger partial charge in [-0.2, -0.15) is 0 Å². The topological polar surface area (TPSA) is 61.2 Å². The van der Waals surface area contributed by atoms with Gasteiger partial charge in [0.05, 0.1) is 23.3 Å². The Morgan fingerprint density at radius 2 is 2.03 bits per heavy atom. The van der Waals surface area contributed by atoms with Crippen molar-refractivity contribution in [2.75, 3.05) is 5.75 Å². The fraction of sp³-hybridized carbons (Fsp3) is 0.435. The second kappa shape index (κ2) is 8.29. The Balaban J connectivity index is 1.74. The third-order valence-electron chi connectivity index (χ3n) is 5.13. The van der Waals surface area contributed by atoms with Crippen LogP contribution in [-0.4, -0.2) is 26.7 Å². The Hall–Kier alpha value is -1.96. The number of Topliss-reactive ketones (excluding diaryl/α,β-unsaturated/α-hetero) is 1. The molecule has 4 rings (SSSR count). The SMILES string of the molecule is CC(C)Cn1c(SCC(=O)c2ccccc2)nc2sc3c(c2c1=O)CC(C)(C)OC3. The lowest BCUT2D eigenvalue weighted by Crippen LogP contribution is -2.32. The number of rotatable bonds is 6. The summed E-state index contributed by atoms with van der Waals surface area (Å²) in [6.45, 7) is 9.37. The van der Waals surface area contributed by atoms with Gasteiger partial charge in [-0.25, -0.2) is 4.98 Å². The van der Waals surface area contributed by atoms with Crippen molar-refractivity contribution < 1.29 is 9.53 Å². The maximum Gasteiger partial charge on any atom is 0.263 e. The van der Waals surface area contributed by atoms with Gasteiger partial charge in [-0.1, -0.05) is 55.9 Å². The van der Waals surface area contributed by atoms with Crippen LogP contribution in [0.4, 0.5) is 0 Å². The number of aromatic nitrogens is 2. The van der Waals surface area contributed by atoms with Crippen molar-refractivity contribution >= 4 is 39.1 Å². The molecule has 0 N–H and O–H groups in total. The number of nitrogens with zero attached hydrogens (tertiary/aromatic N) is 2. The molecule has 0 saturated heterocycles. The third-order valence-corrected chi connectivity index (χ3v) is 7.21. The van der Waals surface area contributed by atoms with Crippen LogP contribution in [0.2, 0.25) is 0 Å². The Labute approximate surface area is 184 Å². The fourth-order valence-electron chi connectivity index (χ4n) is 3.68. The van der Waals surface area contributed by atoms with Crippen LogP contribution in [0, 0.1) is 5.92 Å². The van der Waals surface area contributed by atoms with E-state index in [4.69, 9.17) is 9.72 Å². The van der Waals surface area contributed by atoms with Crippen LogP contribution in [-0.2, 0) is 24.3 Å². The number of thiophene rings is 1. The Kier molecular flexibility index (Phi) is 5.88. The minimum atomic E-state index is -0.286. The zero-order chi connectivity index (χ0) is 21.5. The van der Waals surface area contributed by atoms with E-state index in [-0.39, 0.29) is 22.7 Å². The van der Waals surface area contributed by atoms with Crippen molar-refractivity contribution in [1.29, 1.82) is 0 Å². The molecule has 0 amide bonds. The van der Waals surface area contributed by atoms with Crippen molar-refractivity contribution in [3.05, 3.63) is 56.7 Å². The molecule has 0 fully saturated rings. The van der Waals surface area contributed by atoms with E-state index >= 15 is 0 Å². The van der Waals surface area contributed by atoms with E-state index < -0.39 is 0 Å². The highest BCUT2D eigenvalue weighted by molar-refractivity contribution is 7.99. The lowest BCUT2D eigenvalue weighted by atomic mass is 9.94. The molecule has 3 heterocycles. The van der Waals surface area contributed by atoms with Crippen molar-refractivity contribution in [2.45, 2.75) is 58.0 Å². The summed E-state index contributed by atoms with van der Waals surface area (Å²) in [7, 11) is 0. The molecule has 7 heteroatoms. The fourth-order valence-corrected chi connectivity index (χ4v) is 5.73. The van der Waals surface area contributed by atoms with E-state index in [0.29, 0.717) is 36.2 Å². The lowest BCUT2D eigenvalue weighted by Gasteiger charge is -2.30. The van der Waals surface area contributed by atoms with Crippen LogP contribution in [0.1, 0.15) is 48.5 Å². The van der Waals surface area contributed by atoms with Crippen LogP contribution in [0.25, 0.3) is 10.2 Å². The first-order chi connectivity index (χ1) is 14.2. The van der Waals surface area contributed by atoms with Gasteiger partial charge in [0.25, 0.3) is 5.56 Å². The second-order valence-corrected chi connectivity index (χ2v) is 10.7. The largest absolute Gasteiger partial charge is 0.370 e. The van der Waals surface area contributed by atoms with Gasteiger partial charge in [0.2, 0.25) is 0 Å². The van der Waals surface area contributed by atoms with Gasteiger partial charge in [0.15, 0.2) is 10.9 Å². The van der Waals surface area contributed by atoms with Gasteiger partial charge in [0, 0.05) is 23.4 Å². The van der Waals surface area contributed by atoms with Crippen LogP contribution < -0.4 is 5.56 Å². The first-order valence-electron chi connectivity index (χ1n) is 10.2. The van der Waals surface area contributed by atoms with Crippen molar-refractivity contribution in [3.8, 4) is 0 Å². The highest BCUT2D eigenvalue weighted by Gasteiger charge is 2.31. The summed E-state index contributed by atoms with van der Waals surface area (Å²) >= 11 is 2.88. The van der Waals surface area contributed by atoms with Crippen LogP contribution in [0.15, 0.2) is 40.3 Å². The number of hydrogen-bond acceptors (Lipinski definition) is 6. The number of hydrogen-bond donors (Lipinski definition) is 0. The molecule has 1 aliphatic heterocycles. The molecule has 0 radical (unpaired) electrons. The molecule has 158 valence electrons. The summed E-state index contributed by atoms with van der Waals surface area (Å²) in [4.78, 5) is 32.8. The Morgan fingerprint density at radius 1 is 1.30 bits per heavy atom. The molecule has 0 unspecified atom stereocenters. The predicted molar refractivity (Wildman–Crippen MR) is 123 cm³/mol. The molecule has 0 aliphatic carbocycles. The zero-order valence-corrected chi connectivity index (χ0v) is 19.4. The van der Waals surface area contributed by atoms with Crippen LogP contribution >= 0.6 is 23.1 Å². The summed E-state index contributed by atoms with van der Waals surface area (Å²) in [6, 6.07) is 9.24. The first kappa shape index (κ1) is 21.3. The molecule has 5 nitrogen and oxygen atoms in total. The first-order valence-corrected chi connectivity index (χ1v) is 12.0. The van der Waals surface area contributed by atoms with Crippen LogP contribution in [0.3, 0.4) is 0 Å². The number of ether oxygens (including phenoxy) is 1. The van der Waals surface area contributed by atoms with Crippen molar-refractivity contribution in [1.82, 2.24) is 9.55 Å². The molecule has 1 aromatic carbocycles. The highest BCUT2D eigenvalue weighted by Crippen LogP contribution is 2.37. The minimum Gasteiger partial charge on any atom is -0.370 e. The number of carbonyl (C=O) groups excluding carboxylic acids is 1. The number of carbonyl (C=O) groups is 1. The third kappa shape index (κ3) is 4.24. The van der Waals surface area contributed by atoms with E-state index in [1.165, 1.54) is 23.1 Å². The molecule has 0 saturated carbocycles. The number of fused-ring (bicyclic) bond motifs is 3. The molecular formula is C23H26N2O3S2. The molecule has 0 atom stereocenters. The molecular weight excluding hydrogens is 416 g/mol. The monoisotopic (exact) mass is 442 g/mol. The zero-order valence-electron chi connectivity index (χ0n) is 17.7. The Morgan fingerprint density at radius 3 is 2.73 bits per heavy atom. The van der Waals surface area contributed by atoms with Gasteiger partial charge in [-0.15, -0.1) is 11.3 Å². The second-order valence-electron chi connectivity index (χ2n) is 8.69. The normalized spacial score (nSPS) is 15.5. The quantitative estimate of drug-likeness (QED) is 0.307. The maximum absolute atomic E-state index is 13.5. The summed E-state index contributed by atoms with van der Waals surface area (Å²) in [5.74, 6) is 0.577. The van der Waals surface area contributed by atoms with Gasteiger partial charge in [-0.05, 0) is 25.3 Å². The van der Waals surface area contributed by atoms with E-state index in [1.807, 2.05) is 30.3 Å². The van der Waals surface area contributed by atoms with Crippen LogP contribution in [0.5, 0.6) is 0 Å². The van der Waals surface area contributed by atoms with Gasteiger partial charge >= 0.3 is 0 Å². The van der Waals surface area contributed by atoms with Gasteiger partial charge in [0.1, 0.15) is 4.83 Å². The summed E-state index contributed by atoms with van der Waals surface area (Å²) in [5, 5.41) is 1.34. The number of thioether (sulfide) groups is 1. The van der Waals surface area contributed by atoms with E-state index in [2.05, 4.69) is 27.7 Å². The van der Waals surface area contributed by atoms with Gasteiger partial charge in [-0.3, -0.25) is 14.2 Å². The molecule has 0 bridgehead atoms. The molecule has 0 spiro atoms. The number of benzene rings is 1. The summed E-state index contributed by atoms with van der Waals surface area (Å²) in [6.07, 6.45) is 0.708. The van der Waals surface area contributed by atoms with Crippen molar-refractivity contribution in [2.24, 2.45) is 5.92 Å². The summed E-state index contributed by atoms with van der Waals surface area (Å²) < 4.78 is 7.69. The van der Waals surface area contributed by atoms with E-state index in [0.717, 1.165) is 20.7 Å². The predicted octanol–water partition coefficient (Wildman–Crippen LogP) is 4.94. The molecule has 3 aromatic rings. The molecule has 2 aromatic heterocycles. The highest BCUT2D eigenvalue weighted by atomic mass is 32.2. The molecule has 30 heavy (non-hydrogen) atoms. The van der Waals surface area contributed by atoms with E-state index in [1.54, 1.807) is 4.57 Å². The Bertz CT molecular complexity index is 1150. The van der Waals surface area contributed by atoms with E-state index in [9.17, 15) is 9.59 Å². The minimum absolute atomic E-state index is 0.00133. The smallest absolute Gasteiger partial charge is 0.263 e.